The van der Waals surface area contributed by atoms with Crippen molar-refractivity contribution in [3.8, 4) is 0 Å². The summed E-state index contributed by atoms with van der Waals surface area (Å²) in [6, 6.07) is 4.13. The van der Waals surface area contributed by atoms with E-state index in [1.165, 1.54) is 12.0 Å². The Balaban J connectivity index is 1.83. The first-order valence-corrected chi connectivity index (χ1v) is 7.31. The molecule has 1 saturated carbocycles. The van der Waals surface area contributed by atoms with E-state index in [-0.39, 0.29) is 11.4 Å². The van der Waals surface area contributed by atoms with Crippen molar-refractivity contribution < 1.29 is 9.53 Å². The maximum Gasteiger partial charge on any atom is 0.313 e. The van der Waals surface area contributed by atoms with Crippen molar-refractivity contribution in [2.75, 3.05) is 13.7 Å². The number of thiophene rings is 1. The third-order valence-corrected chi connectivity index (χ3v) is 4.94. The van der Waals surface area contributed by atoms with Crippen LogP contribution in [0.25, 0.3) is 0 Å². The van der Waals surface area contributed by atoms with E-state index in [0.717, 1.165) is 36.1 Å². The van der Waals surface area contributed by atoms with E-state index in [1.807, 2.05) is 6.07 Å². The number of rotatable bonds is 5. The van der Waals surface area contributed by atoms with Gasteiger partial charge in [0.25, 0.3) is 0 Å². The van der Waals surface area contributed by atoms with Crippen LogP contribution in [0.1, 0.15) is 24.1 Å². The van der Waals surface area contributed by atoms with Crippen LogP contribution in [0.4, 0.5) is 0 Å². The Morgan fingerprint density at radius 1 is 1.59 bits per heavy atom. The topological polar surface area (TPSA) is 38.3 Å². The van der Waals surface area contributed by atoms with E-state index in [1.54, 1.807) is 11.3 Å². The summed E-state index contributed by atoms with van der Waals surface area (Å²) in [5, 5.41) is 3.36. The minimum atomic E-state index is -0.261. The second-order valence-electron chi connectivity index (χ2n) is 4.43. The standard InChI is InChI=1S/C12H16BrNO2S/c1-16-11(15)12(5-2-6-12)8-14-7-9-3-4-10(13)17-9/h3-4,14H,2,5-8H2,1H3. The first-order chi connectivity index (χ1) is 8.16. The van der Waals surface area contributed by atoms with Crippen LogP contribution in [0.2, 0.25) is 0 Å². The molecule has 94 valence electrons. The van der Waals surface area contributed by atoms with Crippen LogP contribution in [0.15, 0.2) is 15.9 Å². The maximum atomic E-state index is 11.7. The number of esters is 1. The summed E-state index contributed by atoms with van der Waals surface area (Å²) in [4.78, 5) is 13.0. The van der Waals surface area contributed by atoms with Crippen LogP contribution in [-0.4, -0.2) is 19.6 Å². The smallest absolute Gasteiger partial charge is 0.313 e. The lowest BCUT2D eigenvalue weighted by Gasteiger charge is -2.38. The molecule has 0 aliphatic heterocycles. The number of halogens is 1. The number of ether oxygens (including phenoxy) is 1. The van der Waals surface area contributed by atoms with Gasteiger partial charge in [-0.1, -0.05) is 6.42 Å². The van der Waals surface area contributed by atoms with Gasteiger partial charge in [0.1, 0.15) is 0 Å². The lowest BCUT2D eigenvalue weighted by molar-refractivity contribution is -0.158. The van der Waals surface area contributed by atoms with Gasteiger partial charge < -0.3 is 10.1 Å². The summed E-state index contributed by atoms with van der Waals surface area (Å²) >= 11 is 5.16. The van der Waals surface area contributed by atoms with Gasteiger partial charge in [-0.2, -0.15) is 0 Å². The Hall–Kier alpha value is -0.390. The summed E-state index contributed by atoms with van der Waals surface area (Å²) < 4.78 is 6.02. The first kappa shape index (κ1) is 13.1. The monoisotopic (exact) mass is 317 g/mol. The van der Waals surface area contributed by atoms with Gasteiger partial charge in [0.2, 0.25) is 0 Å². The van der Waals surface area contributed by atoms with Gasteiger partial charge in [0.15, 0.2) is 0 Å². The second-order valence-corrected chi connectivity index (χ2v) is 6.98. The molecular formula is C12H16BrNO2S. The molecule has 5 heteroatoms. The zero-order chi connectivity index (χ0) is 12.3. The van der Waals surface area contributed by atoms with Gasteiger partial charge in [0, 0.05) is 18.0 Å². The number of carbonyl (C=O) groups excluding carboxylic acids is 1. The molecule has 1 N–H and O–H groups in total. The van der Waals surface area contributed by atoms with E-state index in [4.69, 9.17) is 4.74 Å². The highest BCUT2D eigenvalue weighted by atomic mass is 79.9. The Morgan fingerprint density at radius 3 is 2.82 bits per heavy atom. The summed E-state index contributed by atoms with van der Waals surface area (Å²) in [5.74, 6) is -0.0661. The number of methoxy groups -OCH3 is 1. The highest BCUT2D eigenvalue weighted by Crippen LogP contribution is 2.41. The van der Waals surface area contributed by atoms with Gasteiger partial charge in [-0.3, -0.25) is 4.79 Å². The minimum absolute atomic E-state index is 0.0661. The molecule has 0 saturated heterocycles. The Morgan fingerprint density at radius 2 is 2.35 bits per heavy atom. The molecule has 1 aromatic heterocycles. The first-order valence-electron chi connectivity index (χ1n) is 5.70. The summed E-state index contributed by atoms with van der Waals surface area (Å²) in [6.45, 7) is 1.53. The normalized spacial score (nSPS) is 17.5. The van der Waals surface area contributed by atoms with Gasteiger partial charge in [-0.25, -0.2) is 0 Å². The molecule has 3 nitrogen and oxygen atoms in total. The summed E-state index contributed by atoms with van der Waals surface area (Å²) in [5.41, 5.74) is -0.261. The van der Waals surface area contributed by atoms with E-state index in [0.29, 0.717) is 0 Å². The Bertz CT molecular complexity index is 401. The summed E-state index contributed by atoms with van der Waals surface area (Å²) in [6.07, 6.45) is 3.02. The molecule has 0 atom stereocenters. The van der Waals surface area contributed by atoms with Crippen molar-refractivity contribution >= 4 is 33.2 Å². The van der Waals surface area contributed by atoms with Gasteiger partial charge in [-0.15, -0.1) is 11.3 Å². The van der Waals surface area contributed by atoms with Crippen molar-refractivity contribution in [1.29, 1.82) is 0 Å². The fourth-order valence-corrected chi connectivity index (χ4v) is 3.60. The molecule has 0 amide bonds. The number of carbonyl (C=O) groups is 1. The molecule has 2 rings (SSSR count). The van der Waals surface area contributed by atoms with Crippen LogP contribution < -0.4 is 5.32 Å². The van der Waals surface area contributed by atoms with Crippen molar-refractivity contribution in [2.45, 2.75) is 25.8 Å². The molecule has 17 heavy (non-hydrogen) atoms. The van der Waals surface area contributed by atoms with Crippen molar-refractivity contribution in [1.82, 2.24) is 5.32 Å². The number of nitrogens with one attached hydrogen (secondary N) is 1. The van der Waals surface area contributed by atoms with Gasteiger partial charge in [0.05, 0.1) is 16.3 Å². The number of hydrogen-bond donors (Lipinski definition) is 1. The Kier molecular flexibility index (Phi) is 4.22. The quantitative estimate of drug-likeness (QED) is 0.848. The number of hydrogen-bond acceptors (Lipinski definition) is 4. The largest absolute Gasteiger partial charge is 0.469 e. The predicted octanol–water partition coefficient (Wildman–Crippen LogP) is 2.94. The fourth-order valence-electron chi connectivity index (χ4n) is 2.14. The van der Waals surface area contributed by atoms with Crippen molar-refractivity contribution in [3.05, 3.63) is 20.8 Å². The van der Waals surface area contributed by atoms with Crippen molar-refractivity contribution in [3.63, 3.8) is 0 Å². The lowest BCUT2D eigenvalue weighted by atomic mass is 9.68. The van der Waals surface area contributed by atoms with Crippen molar-refractivity contribution in [2.24, 2.45) is 5.41 Å². The molecule has 1 aliphatic rings. The van der Waals surface area contributed by atoms with E-state index in [9.17, 15) is 4.79 Å². The molecule has 1 aromatic rings. The van der Waals surface area contributed by atoms with Crippen LogP contribution in [-0.2, 0) is 16.1 Å². The lowest BCUT2D eigenvalue weighted by Crippen LogP contribution is -2.46. The van der Waals surface area contributed by atoms with Crippen LogP contribution in [0.3, 0.4) is 0 Å². The van der Waals surface area contributed by atoms with Crippen LogP contribution in [0.5, 0.6) is 0 Å². The van der Waals surface area contributed by atoms with E-state index in [2.05, 4.69) is 27.3 Å². The molecule has 0 bridgehead atoms. The molecule has 0 spiro atoms. The fraction of sp³-hybridized carbons (Fsp3) is 0.583. The molecule has 1 heterocycles. The molecule has 0 aromatic carbocycles. The second kappa shape index (κ2) is 5.50. The highest BCUT2D eigenvalue weighted by molar-refractivity contribution is 9.11. The zero-order valence-corrected chi connectivity index (χ0v) is 12.2. The van der Waals surface area contributed by atoms with Gasteiger partial charge in [-0.05, 0) is 40.9 Å². The average Bonchev–Trinajstić information content (AvgIpc) is 2.67. The van der Waals surface area contributed by atoms with Gasteiger partial charge >= 0.3 is 5.97 Å². The third kappa shape index (κ3) is 2.89. The predicted molar refractivity (Wildman–Crippen MR) is 72.0 cm³/mol. The Labute approximate surface area is 114 Å². The summed E-state index contributed by atoms with van der Waals surface area (Å²) in [7, 11) is 1.47. The third-order valence-electron chi connectivity index (χ3n) is 3.32. The molecule has 0 unspecified atom stereocenters. The molecule has 0 radical (unpaired) electrons. The van der Waals surface area contributed by atoms with Crippen LogP contribution >= 0.6 is 27.3 Å². The van der Waals surface area contributed by atoms with E-state index >= 15 is 0 Å². The molecule has 1 fully saturated rings. The SMILES string of the molecule is COC(=O)C1(CNCc2ccc(Br)s2)CCC1. The average molecular weight is 318 g/mol. The molecular weight excluding hydrogens is 302 g/mol. The minimum Gasteiger partial charge on any atom is -0.469 e. The maximum absolute atomic E-state index is 11.7. The van der Waals surface area contributed by atoms with E-state index < -0.39 is 0 Å². The highest BCUT2D eigenvalue weighted by Gasteiger charge is 2.44. The van der Waals surface area contributed by atoms with Crippen LogP contribution in [0, 0.1) is 5.41 Å². The zero-order valence-electron chi connectivity index (χ0n) is 9.79. The molecule has 1 aliphatic carbocycles.